The first kappa shape index (κ1) is 12.4. The smallest absolute Gasteiger partial charge is 0.181 e. The minimum absolute atomic E-state index is 0.135. The van der Waals surface area contributed by atoms with Crippen LogP contribution in [0.25, 0.3) is 0 Å². The van der Waals surface area contributed by atoms with Gasteiger partial charge in [-0.1, -0.05) is 23.7 Å². The number of hydrogen-bond acceptors (Lipinski definition) is 4. The summed E-state index contributed by atoms with van der Waals surface area (Å²) in [5.41, 5.74) is 0.507. The molecule has 0 aliphatic carbocycles. The molecule has 0 radical (unpaired) electrons. The molecule has 0 spiro atoms. The molecule has 3 N–H and O–H groups in total. The van der Waals surface area contributed by atoms with E-state index in [4.69, 9.17) is 26.6 Å². The number of aliphatic hydroxyl groups excluding tert-OH is 3. The van der Waals surface area contributed by atoms with Crippen LogP contribution in [-0.2, 0) is 4.74 Å². The zero-order valence-corrected chi connectivity index (χ0v) is 8.76. The predicted octanol–water partition coefficient (Wildman–Crippen LogP) is 0.701. The van der Waals surface area contributed by atoms with Crippen molar-refractivity contribution in [1.82, 2.24) is 0 Å². The van der Waals surface area contributed by atoms with Gasteiger partial charge in [-0.05, 0) is 12.1 Å². The molecule has 0 heterocycles. The van der Waals surface area contributed by atoms with Crippen molar-refractivity contribution in [3.63, 3.8) is 0 Å². The van der Waals surface area contributed by atoms with Gasteiger partial charge in [-0.15, -0.1) is 0 Å². The molecule has 2 atom stereocenters. The summed E-state index contributed by atoms with van der Waals surface area (Å²) in [4.78, 5) is 0. The highest BCUT2D eigenvalue weighted by molar-refractivity contribution is 6.30. The fraction of sp³-hybridized carbons (Fsp3) is 0.400. The van der Waals surface area contributed by atoms with E-state index in [0.717, 1.165) is 0 Å². The first-order valence-electron chi connectivity index (χ1n) is 4.47. The summed E-state index contributed by atoms with van der Waals surface area (Å²) >= 11 is 5.72. The van der Waals surface area contributed by atoms with E-state index in [-0.39, 0.29) is 6.61 Å². The molecule has 0 bridgehead atoms. The Bertz CT molecular complexity index is 305. The van der Waals surface area contributed by atoms with Gasteiger partial charge in [0.1, 0.15) is 6.10 Å². The summed E-state index contributed by atoms with van der Waals surface area (Å²) in [6.07, 6.45) is -2.14. The average molecular weight is 233 g/mol. The molecule has 1 rings (SSSR count). The summed E-state index contributed by atoms with van der Waals surface area (Å²) in [6, 6.07) is 6.59. The third-order valence-corrected chi connectivity index (χ3v) is 2.03. The Morgan fingerprint density at radius 2 is 2.07 bits per heavy atom. The van der Waals surface area contributed by atoms with Crippen LogP contribution in [0.2, 0.25) is 5.02 Å². The molecule has 0 aliphatic rings. The van der Waals surface area contributed by atoms with E-state index in [1.54, 1.807) is 24.3 Å². The number of hydrogen-bond donors (Lipinski definition) is 3. The second-order valence-electron chi connectivity index (χ2n) is 3.08. The second kappa shape index (κ2) is 6.05. The largest absolute Gasteiger partial charge is 0.394 e. The number of halogens is 1. The van der Waals surface area contributed by atoms with Gasteiger partial charge in [0.05, 0.1) is 13.2 Å². The maximum Gasteiger partial charge on any atom is 0.181 e. The van der Waals surface area contributed by atoms with Crippen molar-refractivity contribution < 1.29 is 20.1 Å². The van der Waals surface area contributed by atoms with Gasteiger partial charge in [0.2, 0.25) is 0 Å². The summed E-state index contributed by atoms with van der Waals surface area (Å²) < 4.78 is 4.92. The van der Waals surface area contributed by atoms with E-state index in [0.29, 0.717) is 10.6 Å². The van der Waals surface area contributed by atoms with Crippen LogP contribution in [0.4, 0.5) is 0 Å². The molecule has 2 unspecified atom stereocenters. The van der Waals surface area contributed by atoms with Crippen LogP contribution in [-0.4, -0.2) is 34.6 Å². The highest BCUT2D eigenvalue weighted by atomic mass is 35.5. The lowest BCUT2D eigenvalue weighted by Gasteiger charge is -2.14. The van der Waals surface area contributed by atoms with Crippen LogP contribution in [0, 0.1) is 0 Å². The topological polar surface area (TPSA) is 69.9 Å². The number of aliphatic hydroxyl groups is 3. The van der Waals surface area contributed by atoms with Gasteiger partial charge in [0.25, 0.3) is 0 Å². The van der Waals surface area contributed by atoms with Crippen molar-refractivity contribution in [1.29, 1.82) is 0 Å². The first-order valence-corrected chi connectivity index (χ1v) is 4.85. The lowest BCUT2D eigenvalue weighted by atomic mass is 10.2. The van der Waals surface area contributed by atoms with Crippen LogP contribution >= 0.6 is 11.6 Å². The normalized spacial score (nSPS) is 14.9. The molecule has 1 aromatic rings. The molecule has 84 valence electrons. The van der Waals surface area contributed by atoms with Crippen LogP contribution in [0.3, 0.4) is 0 Å². The highest BCUT2D eigenvalue weighted by Crippen LogP contribution is 2.18. The molecular formula is C10H13ClO4. The van der Waals surface area contributed by atoms with Crippen molar-refractivity contribution in [3.8, 4) is 0 Å². The summed E-state index contributed by atoms with van der Waals surface area (Å²) in [5.74, 6) is 0. The molecular weight excluding hydrogens is 220 g/mol. The first-order chi connectivity index (χ1) is 7.13. The van der Waals surface area contributed by atoms with E-state index in [1.165, 1.54) is 0 Å². The molecule has 1 aromatic carbocycles. The quantitative estimate of drug-likeness (QED) is 0.654. The van der Waals surface area contributed by atoms with Crippen molar-refractivity contribution in [2.24, 2.45) is 0 Å². The maximum absolute atomic E-state index is 9.52. The molecule has 0 amide bonds. The fourth-order valence-corrected chi connectivity index (χ4v) is 1.21. The maximum atomic E-state index is 9.52. The Kier molecular flexibility index (Phi) is 5.01. The van der Waals surface area contributed by atoms with Gasteiger partial charge >= 0.3 is 0 Å². The molecule has 0 saturated heterocycles. The lowest BCUT2D eigenvalue weighted by molar-refractivity contribution is -0.129. The van der Waals surface area contributed by atoms with Crippen LogP contribution < -0.4 is 0 Å². The summed E-state index contributed by atoms with van der Waals surface area (Å²) in [5, 5.41) is 27.5. The lowest BCUT2D eigenvalue weighted by Crippen LogP contribution is -2.21. The second-order valence-corrected chi connectivity index (χ2v) is 3.51. The summed E-state index contributed by atoms with van der Waals surface area (Å²) in [7, 11) is 0. The van der Waals surface area contributed by atoms with Gasteiger partial charge in [-0.25, -0.2) is 0 Å². The Morgan fingerprint density at radius 3 is 2.67 bits per heavy atom. The van der Waals surface area contributed by atoms with Gasteiger partial charge in [0, 0.05) is 10.6 Å². The fourth-order valence-electron chi connectivity index (χ4n) is 1.01. The van der Waals surface area contributed by atoms with E-state index in [9.17, 15) is 5.11 Å². The number of ether oxygens (including phenoxy) is 1. The molecule has 4 nitrogen and oxygen atoms in total. The zero-order valence-electron chi connectivity index (χ0n) is 8.01. The van der Waals surface area contributed by atoms with E-state index >= 15 is 0 Å². The Hall–Kier alpha value is -0.650. The van der Waals surface area contributed by atoms with Crippen molar-refractivity contribution >= 4 is 11.6 Å². The van der Waals surface area contributed by atoms with Gasteiger partial charge < -0.3 is 20.1 Å². The van der Waals surface area contributed by atoms with E-state index < -0.39 is 19.0 Å². The van der Waals surface area contributed by atoms with Gasteiger partial charge in [-0.2, -0.15) is 0 Å². The molecule has 5 heteroatoms. The number of rotatable bonds is 5. The average Bonchev–Trinajstić information content (AvgIpc) is 2.25. The Labute approximate surface area is 92.7 Å². The van der Waals surface area contributed by atoms with Crippen molar-refractivity contribution in [2.45, 2.75) is 12.4 Å². The Morgan fingerprint density at radius 1 is 1.33 bits per heavy atom. The summed E-state index contributed by atoms with van der Waals surface area (Å²) in [6.45, 7) is -0.535. The standard InChI is InChI=1S/C10H13ClO4/c11-8-3-1-2-7(4-8)10(14)15-6-9(13)5-12/h1-4,9-10,12-14H,5-6H2. The van der Waals surface area contributed by atoms with Crippen molar-refractivity contribution in [2.75, 3.05) is 13.2 Å². The SMILES string of the molecule is OCC(O)COC(O)c1cccc(Cl)c1. The van der Waals surface area contributed by atoms with Crippen LogP contribution in [0.5, 0.6) is 0 Å². The van der Waals surface area contributed by atoms with Gasteiger partial charge in [-0.3, -0.25) is 0 Å². The third kappa shape index (κ3) is 4.15. The minimum Gasteiger partial charge on any atom is -0.394 e. The van der Waals surface area contributed by atoms with Crippen molar-refractivity contribution in [3.05, 3.63) is 34.9 Å². The molecule has 0 aromatic heterocycles. The zero-order chi connectivity index (χ0) is 11.3. The minimum atomic E-state index is -1.15. The Balaban J connectivity index is 2.50. The van der Waals surface area contributed by atoms with Gasteiger partial charge in [0.15, 0.2) is 6.29 Å². The number of benzene rings is 1. The van der Waals surface area contributed by atoms with E-state index in [2.05, 4.69) is 0 Å². The van der Waals surface area contributed by atoms with Crippen LogP contribution in [0.1, 0.15) is 11.9 Å². The molecule has 0 aliphatic heterocycles. The molecule has 0 fully saturated rings. The van der Waals surface area contributed by atoms with Crippen LogP contribution in [0.15, 0.2) is 24.3 Å². The monoisotopic (exact) mass is 232 g/mol. The third-order valence-electron chi connectivity index (χ3n) is 1.79. The van der Waals surface area contributed by atoms with E-state index in [1.807, 2.05) is 0 Å². The molecule has 0 saturated carbocycles. The highest BCUT2D eigenvalue weighted by Gasteiger charge is 2.10. The molecule has 15 heavy (non-hydrogen) atoms. The predicted molar refractivity (Wildman–Crippen MR) is 55.5 cm³/mol.